The summed E-state index contributed by atoms with van der Waals surface area (Å²) in [5.41, 5.74) is 6.04. The highest BCUT2D eigenvalue weighted by molar-refractivity contribution is 5.71. The van der Waals surface area contributed by atoms with Gasteiger partial charge in [-0.3, -0.25) is 4.99 Å². The molecule has 24 heavy (non-hydrogen) atoms. The molecule has 0 saturated carbocycles. The van der Waals surface area contributed by atoms with Gasteiger partial charge in [-0.25, -0.2) is 0 Å². The molecule has 0 saturated heterocycles. The molecular formula is C22H35NO. The van der Waals surface area contributed by atoms with Gasteiger partial charge >= 0.3 is 0 Å². The molecule has 0 aromatic carbocycles. The van der Waals surface area contributed by atoms with Crippen molar-refractivity contribution in [3.8, 4) is 0 Å². The zero-order valence-electron chi connectivity index (χ0n) is 16.2. The lowest BCUT2D eigenvalue weighted by atomic mass is 9.72. The Bertz CT molecular complexity index is 544. The number of aliphatic hydroxyl groups excluding tert-OH is 1. The van der Waals surface area contributed by atoms with Crippen molar-refractivity contribution in [2.24, 2.45) is 10.4 Å². The number of hydrogen-bond acceptors (Lipinski definition) is 2. The maximum absolute atomic E-state index is 8.68. The fourth-order valence-corrected chi connectivity index (χ4v) is 3.22. The Hall–Kier alpha value is -1.41. The van der Waals surface area contributed by atoms with Crippen molar-refractivity contribution < 1.29 is 5.11 Å². The first-order chi connectivity index (χ1) is 11.4. The van der Waals surface area contributed by atoms with Crippen LogP contribution in [0.15, 0.2) is 51.6 Å². The first kappa shape index (κ1) is 20.6. The smallest absolute Gasteiger partial charge is 0.0626 e. The Morgan fingerprint density at radius 1 is 1.29 bits per heavy atom. The Kier molecular flexibility index (Phi) is 8.99. The van der Waals surface area contributed by atoms with E-state index >= 15 is 0 Å². The molecule has 0 radical (unpaired) electrons. The van der Waals surface area contributed by atoms with Gasteiger partial charge in [0, 0.05) is 6.21 Å². The first-order valence-electron chi connectivity index (χ1n) is 9.18. The van der Waals surface area contributed by atoms with Gasteiger partial charge in [-0.05, 0) is 69.9 Å². The van der Waals surface area contributed by atoms with Gasteiger partial charge in [-0.15, -0.1) is 0 Å². The van der Waals surface area contributed by atoms with E-state index in [0.29, 0.717) is 12.0 Å². The van der Waals surface area contributed by atoms with Gasteiger partial charge in [0.15, 0.2) is 0 Å². The number of hydrogen-bond donors (Lipinski definition) is 1. The number of rotatable bonds is 8. The molecule has 1 N–H and O–H groups in total. The third-order valence-corrected chi connectivity index (χ3v) is 4.75. The van der Waals surface area contributed by atoms with Gasteiger partial charge in [0.05, 0.1) is 13.2 Å². The topological polar surface area (TPSA) is 32.6 Å². The summed E-state index contributed by atoms with van der Waals surface area (Å²) in [6, 6.07) is 0. The Labute approximate surface area is 148 Å². The van der Waals surface area contributed by atoms with E-state index in [1.165, 1.54) is 36.0 Å². The second kappa shape index (κ2) is 10.5. The van der Waals surface area contributed by atoms with Gasteiger partial charge in [-0.2, -0.15) is 0 Å². The average Bonchev–Trinajstić information content (AvgIpc) is 2.50. The van der Waals surface area contributed by atoms with Crippen LogP contribution in [0, 0.1) is 5.41 Å². The second-order valence-corrected chi connectivity index (χ2v) is 7.54. The van der Waals surface area contributed by atoms with Crippen LogP contribution in [0.2, 0.25) is 0 Å². The van der Waals surface area contributed by atoms with Gasteiger partial charge in [0.2, 0.25) is 0 Å². The second-order valence-electron chi connectivity index (χ2n) is 7.54. The van der Waals surface area contributed by atoms with E-state index < -0.39 is 0 Å². The van der Waals surface area contributed by atoms with Crippen LogP contribution in [0.3, 0.4) is 0 Å². The summed E-state index contributed by atoms with van der Waals surface area (Å²) in [7, 11) is 0. The largest absolute Gasteiger partial charge is 0.394 e. The van der Waals surface area contributed by atoms with Crippen LogP contribution < -0.4 is 0 Å². The molecule has 1 rings (SSSR count). The van der Waals surface area contributed by atoms with Crippen molar-refractivity contribution in [2.75, 3.05) is 13.2 Å². The molecule has 1 aliphatic carbocycles. The molecule has 0 bridgehead atoms. The summed E-state index contributed by atoms with van der Waals surface area (Å²) < 4.78 is 0. The molecule has 134 valence electrons. The predicted octanol–water partition coefficient (Wildman–Crippen LogP) is 5.81. The number of nitrogens with zero attached hydrogens (tertiary/aromatic N) is 1. The highest BCUT2D eigenvalue weighted by Gasteiger charge is 2.26. The average molecular weight is 330 g/mol. The minimum Gasteiger partial charge on any atom is -0.394 e. The van der Waals surface area contributed by atoms with E-state index in [1.807, 2.05) is 6.08 Å². The monoisotopic (exact) mass is 329 g/mol. The molecule has 0 heterocycles. The van der Waals surface area contributed by atoms with Crippen molar-refractivity contribution in [2.45, 2.75) is 66.7 Å². The molecule has 0 atom stereocenters. The molecular weight excluding hydrogens is 294 g/mol. The van der Waals surface area contributed by atoms with Gasteiger partial charge in [0.1, 0.15) is 0 Å². The van der Waals surface area contributed by atoms with E-state index in [2.05, 4.69) is 57.8 Å². The SMILES string of the molecule is CC1=C(/C=C/C(C)=C/CC/C(C)=C/C=NCCO)C(C)(C)CCC1. The van der Waals surface area contributed by atoms with Crippen LogP contribution in [-0.4, -0.2) is 24.5 Å². The number of allylic oxidation sites excluding steroid dienone is 8. The molecule has 0 spiro atoms. The molecule has 0 unspecified atom stereocenters. The first-order valence-corrected chi connectivity index (χ1v) is 9.18. The number of aliphatic imine (C=N–C) groups is 1. The molecule has 2 nitrogen and oxygen atoms in total. The standard InChI is InChI=1S/C22H35NO/c1-18(8-6-9-19(2)13-15-23-16-17-24)11-12-21-20(3)10-7-14-22(21,4)5/h8,11-13,15,24H,6-7,9-10,14,16-17H2,1-5H3/b12-11+,18-8+,19-13+,23-15?. The highest BCUT2D eigenvalue weighted by Crippen LogP contribution is 2.40. The van der Waals surface area contributed by atoms with Crippen LogP contribution in [0.25, 0.3) is 0 Å². The number of aliphatic hydroxyl groups is 1. The van der Waals surface area contributed by atoms with Crippen LogP contribution in [0.1, 0.15) is 66.7 Å². The minimum atomic E-state index is 0.115. The third kappa shape index (κ3) is 7.44. The van der Waals surface area contributed by atoms with Crippen LogP contribution in [-0.2, 0) is 0 Å². The Balaban J connectivity index is 2.55. The summed E-state index contributed by atoms with van der Waals surface area (Å²) in [4.78, 5) is 4.09. The fraction of sp³-hybridized carbons (Fsp3) is 0.591. The maximum atomic E-state index is 8.68. The zero-order chi connectivity index (χ0) is 18.0. The van der Waals surface area contributed by atoms with E-state index in [-0.39, 0.29) is 6.61 Å². The van der Waals surface area contributed by atoms with Crippen molar-refractivity contribution in [3.05, 3.63) is 46.6 Å². The summed E-state index contributed by atoms with van der Waals surface area (Å²) in [6.07, 6.45) is 16.7. The van der Waals surface area contributed by atoms with E-state index in [4.69, 9.17) is 5.11 Å². The van der Waals surface area contributed by atoms with Crippen LogP contribution in [0.5, 0.6) is 0 Å². The summed E-state index contributed by atoms with van der Waals surface area (Å²) in [5, 5.41) is 8.68. The van der Waals surface area contributed by atoms with Crippen molar-refractivity contribution >= 4 is 6.21 Å². The van der Waals surface area contributed by atoms with Gasteiger partial charge in [-0.1, -0.05) is 48.8 Å². The summed E-state index contributed by atoms with van der Waals surface area (Å²) >= 11 is 0. The lowest BCUT2D eigenvalue weighted by Gasteiger charge is -2.32. The summed E-state index contributed by atoms with van der Waals surface area (Å²) in [5.74, 6) is 0. The Morgan fingerprint density at radius 2 is 2.04 bits per heavy atom. The quantitative estimate of drug-likeness (QED) is 0.442. The lowest BCUT2D eigenvalue weighted by Crippen LogP contribution is -2.19. The van der Waals surface area contributed by atoms with E-state index in [9.17, 15) is 0 Å². The van der Waals surface area contributed by atoms with Gasteiger partial charge < -0.3 is 5.11 Å². The normalized spacial score (nSPS) is 19.8. The molecule has 0 aliphatic heterocycles. The molecule has 0 aromatic rings. The van der Waals surface area contributed by atoms with Crippen molar-refractivity contribution in [3.63, 3.8) is 0 Å². The van der Waals surface area contributed by atoms with Crippen molar-refractivity contribution in [1.82, 2.24) is 0 Å². The maximum Gasteiger partial charge on any atom is 0.0626 e. The van der Waals surface area contributed by atoms with Crippen LogP contribution >= 0.6 is 0 Å². The zero-order valence-corrected chi connectivity index (χ0v) is 16.2. The van der Waals surface area contributed by atoms with Gasteiger partial charge in [0.25, 0.3) is 0 Å². The molecule has 0 fully saturated rings. The summed E-state index contributed by atoms with van der Waals surface area (Å²) in [6.45, 7) is 11.9. The predicted molar refractivity (Wildman–Crippen MR) is 107 cm³/mol. The van der Waals surface area contributed by atoms with Crippen molar-refractivity contribution in [1.29, 1.82) is 0 Å². The molecule has 2 heteroatoms. The molecule has 0 aromatic heterocycles. The van der Waals surface area contributed by atoms with E-state index in [1.54, 1.807) is 11.8 Å². The van der Waals surface area contributed by atoms with E-state index in [0.717, 1.165) is 12.8 Å². The molecule has 0 amide bonds. The fourth-order valence-electron chi connectivity index (χ4n) is 3.22. The van der Waals surface area contributed by atoms with Crippen LogP contribution in [0.4, 0.5) is 0 Å². The third-order valence-electron chi connectivity index (χ3n) is 4.75. The molecule has 1 aliphatic rings. The highest BCUT2D eigenvalue weighted by atomic mass is 16.3. The minimum absolute atomic E-state index is 0.115. The lowest BCUT2D eigenvalue weighted by molar-refractivity contribution is 0.307. The Morgan fingerprint density at radius 3 is 2.71 bits per heavy atom.